The molecular formula is C20H39NaO5S. The van der Waals surface area contributed by atoms with E-state index in [1.165, 1.54) is 77.0 Å². The van der Waals surface area contributed by atoms with Crippen LogP contribution in [0, 0.1) is 0 Å². The molecule has 0 saturated carbocycles. The first kappa shape index (κ1) is 29.5. The molecule has 0 aromatic rings. The van der Waals surface area contributed by atoms with E-state index in [4.69, 9.17) is 0 Å². The maximum absolute atomic E-state index is 11.4. The molecule has 0 aliphatic rings. The second-order valence-electron chi connectivity index (χ2n) is 6.81. The number of aldehydes is 1. The Balaban J connectivity index is -0.00000312. The standard InChI is InChI=1S/C20H38O5S.Na.H/c1-2-3-4-5-6-7-8-9-10-11-12-13-14-15-16-17-20(22)25-26(23)24-19-18-21;;/h18H,2-17,19H2,1H3;;/q;+1;-1. The van der Waals surface area contributed by atoms with Crippen LogP contribution in [0.15, 0.2) is 0 Å². The zero-order chi connectivity index (χ0) is 19.3. The molecule has 0 fully saturated rings. The van der Waals surface area contributed by atoms with E-state index in [-0.39, 0.29) is 44.0 Å². The van der Waals surface area contributed by atoms with Crippen LogP contribution in [0.25, 0.3) is 0 Å². The van der Waals surface area contributed by atoms with E-state index in [1.807, 2.05) is 0 Å². The molecule has 0 saturated heterocycles. The van der Waals surface area contributed by atoms with E-state index in [9.17, 15) is 13.8 Å². The van der Waals surface area contributed by atoms with Gasteiger partial charge in [0.1, 0.15) is 12.9 Å². The molecule has 0 N–H and O–H groups in total. The van der Waals surface area contributed by atoms with Crippen LogP contribution in [0.3, 0.4) is 0 Å². The monoisotopic (exact) mass is 414 g/mol. The molecule has 0 radical (unpaired) electrons. The van der Waals surface area contributed by atoms with Crippen molar-refractivity contribution < 1.29 is 53.1 Å². The van der Waals surface area contributed by atoms with Crippen LogP contribution in [-0.2, 0) is 29.3 Å². The number of rotatable bonds is 20. The number of hydrogen-bond acceptors (Lipinski definition) is 5. The molecule has 0 spiro atoms. The van der Waals surface area contributed by atoms with Crippen molar-refractivity contribution in [1.82, 2.24) is 0 Å². The third kappa shape index (κ3) is 24.2. The Hall–Kier alpha value is 0.250. The van der Waals surface area contributed by atoms with E-state index in [0.717, 1.165) is 19.3 Å². The van der Waals surface area contributed by atoms with Gasteiger partial charge in [-0.1, -0.05) is 96.8 Å². The molecule has 156 valence electrons. The Kier molecular flexibility index (Phi) is 26.5. The smallest absolute Gasteiger partial charge is 1.00 e. The molecule has 5 nitrogen and oxygen atoms in total. The van der Waals surface area contributed by atoms with Crippen LogP contribution in [0.4, 0.5) is 0 Å². The fourth-order valence-corrected chi connectivity index (χ4v) is 3.32. The fourth-order valence-electron chi connectivity index (χ4n) is 2.87. The number of carbonyl (C=O) groups is 2. The summed E-state index contributed by atoms with van der Waals surface area (Å²) in [5.41, 5.74) is 0. The molecule has 1 atom stereocenters. The molecule has 7 heteroatoms. The van der Waals surface area contributed by atoms with Crippen LogP contribution in [0.2, 0.25) is 0 Å². The minimum absolute atomic E-state index is 0. The third-order valence-electron chi connectivity index (χ3n) is 4.38. The first-order valence-electron chi connectivity index (χ1n) is 10.4. The molecule has 1 unspecified atom stereocenters. The van der Waals surface area contributed by atoms with Crippen LogP contribution in [0.1, 0.15) is 111 Å². The molecule has 0 aliphatic heterocycles. The second-order valence-corrected chi connectivity index (χ2v) is 7.62. The van der Waals surface area contributed by atoms with Crippen LogP contribution in [-0.4, -0.2) is 23.1 Å². The van der Waals surface area contributed by atoms with Crippen molar-refractivity contribution in [1.29, 1.82) is 0 Å². The number of carbonyl (C=O) groups excluding carboxylic acids is 2. The van der Waals surface area contributed by atoms with Crippen LogP contribution in [0.5, 0.6) is 0 Å². The number of unbranched alkanes of at least 4 members (excludes halogenated alkanes) is 14. The van der Waals surface area contributed by atoms with Gasteiger partial charge in [0.15, 0.2) is 0 Å². The molecule has 0 rings (SSSR count). The van der Waals surface area contributed by atoms with Gasteiger partial charge in [0.05, 0.1) is 0 Å². The van der Waals surface area contributed by atoms with E-state index >= 15 is 0 Å². The summed E-state index contributed by atoms with van der Waals surface area (Å²) in [6, 6.07) is 0. The van der Waals surface area contributed by atoms with Gasteiger partial charge < -0.3 is 10.4 Å². The van der Waals surface area contributed by atoms with Gasteiger partial charge in [-0.05, 0) is 6.42 Å². The summed E-state index contributed by atoms with van der Waals surface area (Å²) in [5.74, 6) is -0.538. The van der Waals surface area contributed by atoms with Gasteiger partial charge in [-0.2, -0.15) is 4.21 Å². The zero-order valence-electron chi connectivity index (χ0n) is 18.5. The predicted molar refractivity (Wildman–Crippen MR) is 107 cm³/mol. The summed E-state index contributed by atoms with van der Waals surface area (Å²) in [6.45, 7) is 1.92. The van der Waals surface area contributed by atoms with Crippen LogP contribution < -0.4 is 29.6 Å². The Morgan fingerprint density at radius 3 is 1.63 bits per heavy atom. The molecular weight excluding hydrogens is 375 g/mol. The van der Waals surface area contributed by atoms with Crippen molar-refractivity contribution in [2.45, 2.75) is 110 Å². The van der Waals surface area contributed by atoms with Gasteiger partial charge in [-0.3, -0.25) is 8.98 Å². The Labute approximate surface area is 192 Å². The summed E-state index contributed by atoms with van der Waals surface area (Å²) < 4.78 is 20.0. The predicted octanol–water partition coefficient (Wildman–Crippen LogP) is 2.70. The maximum atomic E-state index is 11.4. The van der Waals surface area contributed by atoms with E-state index in [1.54, 1.807) is 0 Å². The largest absolute Gasteiger partial charge is 1.00 e. The number of hydrogen-bond donors (Lipinski definition) is 0. The van der Waals surface area contributed by atoms with E-state index in [2.05, 4.69) is 15.3 Å². The zero-order valence-corrected chi connectivity index (χ0v) is 20.4. The van der Waals surface area contributed by atoms with Gasteiger partial charge >= 0.3 is 46.9 Å². The first-order valence-corrected chi connectivity index (χ1v) is 11.4. The summed E-state index contributed by atoms with van der Waals surface area (Å²) >= 11 is -2.15. The summed E-state index contributed by atoms with van der Waals surface area (Å²) in [7, 11) is 0. The third-order valence-corrected chi connectivity index (χ3v) is 5.03. The van der Waals surface area contributed by atoms with Gasteiger partial charge in [0.2, 0.25) is 0 Å². The van der Waals surface area contributed by atoms with E-state index in [0.29, 0.717) is 6.29 Å². The van der Waals surface area contributed by atoms with Crippen LogP contribution >= 0.6 is 0 Å². The minimum atomic E-state index is -2.15. The van der Waals surface area contributed by atoms with Crippen molar-refractivity contribution in [2.24, 2.45) is 0 Å². The first-order chi connectivity index (χ1) is 12.7. The summed E-state index contributed by atoms with van der Waals surface area (Å²) in [5, 5.41) is 0. The van der Waals surface area contributed by atoms with Crippen molar-refractivity contribution in [3.63, 3.8) is 0 Å². The average molecular weight is 415 g/mol. The summed E-state index contributed by atoms with van der Waals surface area (Å²) in [6.07, 6.45) is 19.7. The molecule has 0 amide bonds. The fraction of sp³-hybridized carbons (Fsp3) is 0.900. The normalized spacial score (nSPS) is 11.6. The Morgan fingerprint density at radius 1 is 0.815 bits per heavy atom. The molecule has 0 aliphatic carbocycles. The second kappa shape index (κ2) is 24.3. The Morgan fingerprint density at radius 2 is 1.22 bits per heavy atom. The van der Waals surface area contributed by atoms with Crippen molar-refractivity contribution in [2.75, 3.05) is 6.61 Å². The van der Waals surface area contributed by atoms with Crippen molar-refractivity contribution >= 4 is 23.6 Å². The molecule has 27 heavy (non-hydrogen) atoms. The quantitative estimate of drug-likeness (QED) is 0.174. The summed E-state index contributed by atoms with van der Waals surface area (Å²) in [4.78, 5) is 21.4. The van der Waals surface area contributed by atoms with Gasteiger partial charge in [-0.15, -0.1) is 0 Å². The van der Waals surface area contributed by atoms with Gasteiger partial charge in [0, 0.05) is 6.42 Å². The van der Waals surface area contributed by atoms with Crippen molar-refractivity contribution in [3.8, 4) is 0 Å². The molecule has 0 heterocycles. The van der Waals surface area contributed by atoms with Crippen molar-refractivity contribution in [3.05, 3.63) is 0 Å². The van der Waals surface area contributed by atoms with Gasteiger partial charge in [-0.25, -0.2) is 0 Å². The maximum Gasteiger partial charge on any atom is 1.00 e. The SMILES string of the molecule is CCCCCCCCCCCCCCCCCC(=O)OS(=O)OCC=O.[H-].[Na+]. The Bertz CT molecular complexity index is 373. The molecule has 0 aromatic carbocycles. The molecule has 0 aromatic heterocycles. The molecule has 0 bridgehead atoms. The average Bonchev–Trinajstić information content (AvgIpc) is 2.63. The minimum Gasteiger partial charge on any atom is -1.00 e. The van der Waals surface area contributed by atoms with Gasteiger partial charge in [0.25, 0.3) is 0 Å². The van der Waals surface area contributed by atoms with E-state index < -0.39 is 17.3 Å². The topological polar surface area (TPSA) is 69.7 Å².